The molecule has 0 amide bonds. The minimum Gasteiger partial charge on any atom is -0.497 e. The lowest BCUT2D eigenvalue weighted by Gasteiger charge is -2.16. The van der Waals surface area contributed by atoms with Crippen LogP contribution in [-0.4, -0.2) is 12.9 Å². The number of methoxy groups -OCH3 is 1. The molecule has 0 unspecified atom stereocenters. The number of rotatable bonds is 6. The molecule has 0 saturated heterocycles. The van der Waals surface area contributed by atoms with E-state index >= 15 is 0 Å². The van der Waals surface area contributed by atoms with Crippen molar-refractivity contribution in [3.8, 4) is 5.75 Å². The Morgan fingerprint density at radius 3 is 2.38 bits per heavy atom. The molecule has 0 bridgehead atoms. The van der Waals surface area contributed by atoms with Gasteiger partial charge in [-0.2, -0.15) is 0 Å². The van der Waals surface area contributed by atoms with Crippen molar-refractivity contribution >= 4 is 21.7 Å². The molecule has 1 atom stereocenters. The maximum atomic E-state index is 12.4. The summed E-state index contributed by atoms with van der Waals surface area (Å²) in [6.45, 7) is 2.12. The van der Waals surface area contributed by atoms with Gasteiger partial charge in [-0.1, -0.05) is 41.1 Å². The van der Waals surface area contributed by atoms with E-state index in [4.69, 9.17) is 4.74 Å². The third-order valence-corrected chi connectivity index (χ3v) is 4.40. The number of hydrogen-bond acceptors (Lipinski definition) is 2. The van der Waals surface area contributed by atoms with Gasteiger partial charge in [-0.25, -0.2) is 0 Å². The standard InChI is InChI=1S/C18H19BrO2/c1-3-13(16-6-4-5-7-17(16)19)12-18(20)14-8-10-15(21-2)11-9-14/h4-11,13H,3,12H2,1-2H3/t13-/m1/s1. The first-order valence-electron chi connectivity index (χ1n) is 7.07. The summed E-state index contributed by atoms with van der Waals surface area (Å²) in [4.78, 5) is 12.4. The fraction of sp³-hybridized carbons (Fsp3) is 0.278. The first-order chi connectivity index (χ1) is 10.2. The van der Waals surface area contributed by atoms with Crippen LogP contribution >= 0.6 is 15.9 Å². The van der Waals surface area contributed by atoms with Gasteiger partial charge in [-0.3, -0.25) is 4.79 Å². The number of Topliss-reactive ketones (excluding diaryl/α,β-unsaturated/α-hetero) is 1. The van der Waals surface area contributed by atoms with Gasteiger partial charge in [0, 0.05) is 16.5 Å². The minimum absolute atomic E-state index is 0.167. The topological polar surface area (TPSA) is 26.3 Å². The molecule has 0 N–H and O–H groups in total. The molecule has 0 spiro atoms. The van der Waals surface area contributed by atoms with Crippen molar-refractivity contribution < 1.29 is 9.53 Å². The van der Waals surface area contributed by atoms with Gasteiger partial charge in [0.15, 0.2) is 5.78 Å². The van der Waals surface area contributed by atoms with Crippen molar-refractivity contribution in [3.63, 3.8) is 0 Å². The van der Waals surface area contributed by atoms with Crippen LogP contribution in [0.2, 0.25) is 0 Å². The van der Waals surface area contributed by atoms with E-state index in [1.54, 1.807) is 7.11 Å². The van der Waals surface area contributed by atoms with Gasteiger partial charge >= 0.3 is 0 Å². The summed E-state index contributed by atoms with van der Waals surface area (Å²) in [5.74, 6) is 1.17. The van der Waals surface area contributed by atoms with Crippen LogP contribution in [0.3, 0.4) is 0 Å². The summed E-state index contributed by atoms with van der Waals surface area (Å²) in [5, 5.41) is 0. The molecule has 0 heterocycles. The highest BCUT2D eigenvalue weighted by Crippen LogP contribution is 2.31. The molecule has 0 fully saturated rings. The van der Waals surface area contributed by atoms with Crippen LogP contribution in [0.5, 0.6) is 5.75 Å². The molecule has 0 saturated carbocycles. The lowest BCUT2D eigenvalue weighted by atomic mass is 9.89. The largest absolute Gasteiger partial charge is 0.497 e. The van der Waals surface area contributed by atoms with Crippen molar-refractivity contribution in [1.29, 1.82) is 0 Å². The molecule has 0 radical (unpaired) electrons. The lowest BCUT2D eigenvalue weighted by molar-refractivity contribution is 0.0972. The van der Waals surface area contributed by atoms with Crippen LogP contribution in [0.25, 0.3) is 0 Å². The zero-order chi connectivity index (χ0) is 15.2. The van der Waals surface area contributed by atoms with Gasteiger partial charge in [0.1, 0.15) is 5.75 Å². The van der Waals surface area contributed by atoms with E-state index in [1.165, 1.54) is 5.56 Å². The average molecular weight is 347 g/mol. The van der Waals surface area contributed by atoms with E-state index < -0.39 is 0 Å². The fourth-order valence-corrected chi connectivity index (χ4v) is 3.01. The number of halogens is 1. The Labute approximate surface area is 134 Å². The predicted molar refractivity (Wildman–Crippen MR) is 89.1 cm³/mol. The quantitative estimate of drug-likeness (QED) is 0.670. The van der Waals surface area contributed by atoms with E-state index in [1.807, 2.05) is 42.5 Å². The van der Waals surface area contributed by atoms with Crippen molar-refractivity contribution in [2.24, 2.45) is 0 Å². The van der Waals surface area contributed by atoms with E-state index in [-0.39, 0.29) is 11.7 Å². The first kappa shape index (κ1) is 15.8. The van der Waals surface area contributed by atoms with Crippen LogP contribution in [0.15, 0.2) is 53.0 Å². The van der Waals surface area contributed by atoms with Gasteiger partial charge in [0.25, 0.3) is 0 Å². The summed E-state index contributed by atoms with van der Waals surface area (Å²) in [5.41, 5.74) is 1.93. The summed E-state index contributed by atoms with van der Waals surface area (Å²) < 4.78 is 6.19. The van der Waals surface area contributed by atoms with Crippen LogP contribution in [0.1, 0.15) is 41.6 Å². The Hall–Kier alpha value is -1.61. The molecule has 110 valence electrons. The van der Waals surface area contributed by atoms with Crippen LogP contribution in [0, 0.1) is 0 Å². The van der Waals surface area contributed by atoms with Crippen molar-refractivity contribution in [1.82, 2.24) is 0 Å². The molecule has 2 aromatic rings. The zero-order valence-electron chi connectivity index (χ0n) is 12.3. The number of carbonyl (C=O) groups excluding carboxylic acids is 1. The molecule has 2 nitrogen and oxygen atoms in total. The molecule has 21 heavy (non-hydrogen) atoms. The highest BCUT2D eigenvalue weighted by Gasteiger charge is 2.17. The SMILES string of the molecule is CC[C@H](CC(=O)c1ccc(OC)cc1)c1ccccc1Br. The summed E-state index contributed by atoms with van der Waals surface area (Å²) >= 11 is 3.57. The van der Waals surface area contributed by atoms with Gasteiger partial charge in [0.05, 0.1) is 7.11 Å². The van der Waals surface area contributed by atoms with Crippen molar-refractivity contribution in [2.75, 3.05) is 7.11 Å². The maximum absolute atomic E-state index is 12.4. The monoisotopic (exact) mass is 346 g/mol. The second-order valence-corrected chi connectivity index (χ2v) is 5.84. The van der Waals surface area contributed by atoms with E-state index in [9.17, 15) is 4.79 Å². The van der Waals surface area contributed by atoms with Crippen LogP contribution < -0.4 is 4.74 Å². The van der Waals surface area contributed by atoms with E-state index in [0.717, 1.165) is 22.2 Å². The molecule has 2 aromatic carbocycles. The fourth-order valence-electron chi connectivity index (χ4n) is 2.40. The van der Waals surface area contributed by atoms with Gasteiger partial charge in [0.2, 0.25) is 0 Å². The molecule has 0 aliphatic rings. The number of ether oxygens (including phenoxy) is 1. The molecule has 2 rings (SSSR count). The molecule has 0 aliphatic heterocycles. The zero-order valence-corrected chi connectivity index (χ0v) is 13.9. The third kappa shape index (κ3) is 3.94. The third-order valence-electron chi connectivity index (χ3n) is 3.68. The number of ketones is 1. The maximum Gasteiger partial charge on any atom is 0.163 e. The Kier molecular flexibility index (Phi) is 5.57. The second kappa shape index (κ2) is 7.41. The van der Waals surface area contributed by atoms with Crippen molar-refractivity contribution in [3.05, 3.63) is 64.1 Å². The Morgan fingerprint density at radius 1 is 1.14 bits per heavy atom. The smallest absolute Gasteiger partial charge is 0.163 e. The summed E-state index contributed by atoms with van der Waals surface area (Å²) in [6, 6.07) is 15.4. The van der Waals surface area contributed by atoms with E-state index in [0.29, 0.717) is 6.42 Å². The lowest BCUT2D eigenvalue weighted by Crippen LogP contribution is -2.07. The Morgan fingerprint density at radius 2 is 1.81 bits per heavy atom. The highest BCUT2D eigenvalue weighted by atomic mass is 79.9. The Balaban J connectivity index is 2.14. The predicted octanol–water partition coefficient (Wildman–Crippen LogP) is 5.22. The minimum atomic E-state index is 0.167. The number of carbonyl (C=O) groups is 1. The van der Waals surface area contributed by atoms with Gasteiger partial charge < -0.3 is 4.74 Å². The summed E-state index contributed by atoms with van der Waals surface area (Å²) in [6.07, 6.45) is 1.45. The van der Waals surface area contributed by atoms with Crippen molar-refractivity contribution in [2.45, 2.75) is 25.7 Å². The Bertz CT molecular complexity index is 605. The van der Waals surface area contributed by atoms with Gasteiger partial charge in [-0.15, -0.1) is 0 Å². The second-order valence-electron chi connectivity index (χ2n) is 4.98. The van der Waals surface area contributed by atoms with Gasteiger partial charge in [-0.05, 0) is 48.2 Å². The first-order valence-corrected chi connectivity index (χ1v) is 7.86. The molecular weight excluding hydrogens is 328 g/mol. The van der Waals surface area contributed by atoms with Crippen LogP contribution in [0.4, 0.5) is 0 Å². The highest BCUT2D eigenvalue weighted by molar-refractivity contribution is 9.10. The number of benzene rings is 2. The molecular formula is C18H19BrO2. The average Bonchev–Trinajstić information content (AvgIpc) is 2.53. The van der Waals surface area contributed by atoms with E-state index in [2.05, 4.69) is 28.9 Å². The number of hydrogen-bond donors (Lipinski definition) is 0. The van der Waals surface area contributed by atoms with Crippen LogP contribution in [-0.2, 0) is 0 Å². The molecule has 3 heteroatoms. The summed E-state index contributed by atoms with van der Waals surface area (Å²) in [7, 11) is 1.62. The normalized spacial score (nSPS) is 12.0. The molecule has 0 aliphatic carbocycles. The molecule has 0 aromatic heterocycles.